The fourth-order valence-corrected chi connectivity index (χ4v) is 1.56. The number of rotatable bonds is 3. The van der Waals surface area contributed by atoms with Crippen molar-refractivity contribution in [2.45, 2.75) is 45.6 Å². The molecule has 0 spiro atoms. The molecule has 82 valence electrons. The first-order valence-corrected chi connectivity index (χ1v) is 5.31. The number of carbonyl (C=O) groups is 1. The Balaban J connectivity index is 2.37. The molecule has 0 N–H and O–H groups in total. The van der Waals surface area contributed by atoms with Crippen molar-refractivity contribution in [3.05, 3.63) is 0 Å². The zero-order chi connectivity index (χ0) is 10.6. The van der Waals surface area contributed by atoms with Crippen molar-refractivity contribution in [2.75, 3.05) is 13.2 Å². The molecule has 1 aliphatic rings. The van der Waals surface area contributed by atoms with Gasteiger partial charge in [0.2, 0.25) is 0 Å². The molecule has 1 saturated heterocycles. The minimum absolute atomic E-state index is 0.0793. The summed E-state index contributed by atoms with van der Waals surface area (Å²) >= 11 is 0. The quantitative estimate of drug-likeness (QED) is 0.655. The molecule has 0 aliphatic carbocycles. The maximum absolute atomic E-state index is 11.5. The van der Waals surface area contributed by atoms with Gasteiger partial charge in [0, 0.05) is 19.3 Å². The number of ether oxygens (including phenoxy) is 2. The van der Waals surface area contributed by atoms with Crippen molar-refractivity contribution in [1.29, 1.82) is 0 Å². The van der Waals surface area contributed by atoms with E-state index in [0.717, 1.165) is 12.8 Å². The molecule has 0 radical (unpaired) electrons. The molecule has 1 rings (SSSR count). The number of carbonyl (C=O) groups excluding carboxylic acids is 1. The monoisotopic (exact) mass is 200 g/mol. The predicted molar refractivity (Wildman–Crippen MR) is 54.0 cm³/mol. The summed E-state index contributed by atoms with van der Waals surface area (Å²) in [5, 5.41) is 0. The first kappa shape index (κ1) is 11.5. The Bertz CT molecular complexity index is 193. The highest BCUT2D eigenvalue weighted by molar-refractivity contribution is 5.70. The average molecular weight is 200 g/mol. The van der Waals surface area contributed by atoms with Gasteiger partial charge < -0.3 is 9.47 Å². The summed E-state index contributed by atoms with van der Waals surface area (Å²) in [5.74, 6) is 0.287. The maximum atomic E-state index is 11.5. The molecule has 14 heavy (non-hydrogen) atoms. The lowest BCUT2D eigenvalue weighted by molar-refractivity contribution is -0.167. The smallest absolute Gasteiger partial charge is 0.306 e. The summed E-state index contributed by atoms with van der Waals surface area (Å²) in [5.41, 5.74) is -0.287. The summed E-state index contributed by atoms with van der Waals surface area (Å²) in [6.07, 6.45) is 2.14. The van der Waals surface area contributed by atoms with E-state index in [1.807, 2.05) is 20.8 Å². The standard InChI is InChI=1S/C11H20O3/c1-9(2)8-10(12)14-11(3)4-6-13-7-5-11/h9H,4-8H2,1-3H3. The molecule has 3 heteroatoms. The number of hydrogen-bond donors (Lipinski definition) is 0. The van der Waals surface area contributed by atoms with Gasteiger partial charge in [0.25, 0.3) is 0 Å². The molecule has 0 aromatic heterocycles. The lowest BCUT2D eigenvalue weighted by Gasteiger charge is -2.33. The van der Waals surface area contributed by atoms with Gasteiger partial charge in [-0.2, -0.15) is 0 Å². The average Bonchev–Trinajstić information content (AvgIpc) is 2.02. The second kappa shape index (κ2) is 4.78. The summed E-state index contributed by atoms with van der Waals surface area (Å²) in [6, 6.07) is 0. The van der Waals surface area contributed by atoms with Crippen LogP contribution in [-0.4, -0.2) is 24.8 Å². The summed E-state index contributed by atoms with van der Waals surface area (Å²) in [6.45, 7) is 7.44. The van der Waals surface area contributed by atoms with Crippen LogP contribution >= 0.6 is 0 Å². The predicted octanol–water partition coefficient (Wildman–Crippen LogP) is 2.14. The van der Waals surface area contributed by atoms with Crippen LogP contribution in [0.1, 0.15) is 40.0 Å². The molecule has 0 aromatic rings. The van der Waals surface area contributed by atoms with Crippen LogP contribution in [0.2, 0.25) is 0 Å². The van der Waals surface area contributed by atoms with Crippen LogP contribution in [-0.2, 0) is 14.3 Å². The topological polar surface area (TPSA) is 35.5 Å². The fraction of sp³-hybridized carbons (Fsp3) is 0.909. The number of hydrogen-bond acceptors (Lipinski definition) is 3. The Kier molecular flexibility index (Phi) is 3.93. The zero-order valence-electron chi connectivity index (χ0n) is 9.34. The third-order valence-corrected chi connectivity index (χ3v) is 2.49. The largest absolute Gasteiger partial charge is 0.459 e. The lowest BCUT2D eigenvalue weighted by atomic mass is 9.96. The molecule has 0 bridgehead atoms. The van der Waals surface area contributed by atoms with Gasteiger partial charge in [-0.3, -0.25) is 4.79 Å². The molecule has 0 saturated carbocycles. The van der Waals surface area contributed by atoms with Gasteiger partial charge in [-0.1, -0.05) is 13.8 Å². The van der Waals surface area contributed by atoms with Gasteiger partial charge in [0.15, 0.2) is 0 Å². The molecule has 1 fully saturated rings. The third kappa shape index (κ3) is 3.66. The molecule has 0 amide bonds. The number of esters is 1. The first-order chi connectivity index (χ1) is 6.52. The van der Waals surface area contributed by atoms with E-state index in [1.165, 1.54) is 0 Å². The van der Waals surface area contributed by atoms with E-state index < -0.39 is 0 Å². The lowest BCUT2D eigenvalue weighted by Crippen LogP contribution is -2.38. The Morgan fingerprint density at radius 3 is 2.50 bits per heavy atom. The zero-order valence-corrected chi connectivity index (χ0v) is 9.34. The van der Waals surface area contributed by atoms with E-state index in [1.54, 1.807) is 0 Å². The van der Waals surface area contributed by atoms with Crippen molar-refractivity contribution in [3.63, 3.8) is 0 Å². The van der Waals surface area contributed by atoms with Crippen molar-refractivity contribution in [2.24, 2.45) is 5.92 Å². The molecule has 0 atom stereocenters. The van der Waals surface area contributed by atoms with Crippen LogP contribution in [0.5, 0.6) is 0 Å². The fourth-order valence-electron chi connectivity index (χ4n) is 1.56. The van der Waals surface area contributed by atoms with Gasteiger partial charge in [0.1, 0.15) is 5.60 Å². The molecule has 1 heterocycles. The molecule has 0 aromatic carbocycles. The highest BCUT2D eigenvalue weighted by Crippen LogP contribution is 2.25. The van der Waals surface area contributed by atoms with Crippen LogP contribution in [0, 0.1) is 5.92 Å². The van der Waals surface area contributed by atoms with E-state index in [-0.39, 0.29) is 11.6 Å². The second-order valence-electron chi connectivity index (χ2n) is 4.63. The van der Waals surface area contributed by atoms with Crippen LogP contribution in [0.4, 0.5) is 0 Å². The molecule has 0 unspecified atom stereocenters. The SMILES string of the molecule is CC(C)CC(=O)OC1(C)CCOCC1. The van der Waals surface area contributed by atoms with E-state index >= 15 is 0 Å². The molecular weight excluding hydrogens is 180 g/mol. The van der Waals surface area contributed by atoms with Gasteiger partial charge in [0.05, 0.1) is 13.2 Å². The Labute approximate surface area is 85.8 Å². The molecule has 1 aliphatic heterocycles. The summed E-state index contributed by atoms with van der Waals surface area (Å²) < 4.78 is 10.7. The minimum atomic E-state index is -0.287. The van der Waals surface area contributed by atoms with E-state index in [4.69, 9.17) is 9.47 Å². The Morgan fingerprint density at radius 1 is 1.43 bits per heavy atom. The van der Waals surface area contributed by atoms with Crippen molar-refractivity contribution in [3.8, 4) is 0 Å². The molecule has 3 nitrogen and oxygen atoms in total. The van der Waals surface area contributed by atoms with Gasteiger partial charge in [-0.05, 0) is 12.8 Å². The third-order valence-electron chi connectivity index (χ3n) is 2.49. The van der Waals surface area contributed by atoms with Crippen LogP contribution in [0.15, 0.2) is 0 Å². The first-order valence-electron chi connectivity index (χ1n) is 5.31. The highest BCUT2D eigenvalue weighted by Gasteiger charge is 2.31. The van der Waals surface area contributed by atoms with Crippen LogP contribution in [0.3, 0.4) is 0 Å². The van der Waals surface area contributed by atoms with Gasteiger partial charge in [-0.25, -0.2) is 0 Å². The Hall–Kier alpha value is -0.570. The van der Waals surface area contributed by atoms with Crippen LogP contribution in [0.25, 0.3) is 0 Å². The van der Waals surface area contributed by atoms with E-state index in [2.05, 4.69) is 0 Å². The van der Waals surface area contributed by atoms with Crippen molar-refractivity contribution in [1.82, 2.24) is 0 Å². The van der Waals surface area contributed by atoms with Gasteiger partial charge >= 0.3 is 5.97 Å². The summed E-state index contributed by atoms with van der Waals surface area (Å²) in [4.78, 5) is 11.5. The van der Waals surface area contributed by atoms with E-state index in [9.17, 15) is 4.79 Å². The van der Waals surface area contributed by atoms with Gasteiger partial charge in [-0.15, -0.1) is 0 Å². The normalized spacial score (nSPS) is 20.9. The minimum Gasteiger partial charge on any atom is -0.459 e. The highest BCUT2D eigenvalue weighted by atomic mass is 16.6. The van der Waals surface area contributed by atoms with Crippen molar-refractivity contribution >= 4 is 5.97 Å². The van der Waals surface area contributed by atoms with Crippen molar-refractivity contribution < 1.29 is 14.3 Å². The maximum Gasteiger partial charge on any atom is 0.306 e. The molecular formula is C11H20O3. The Morgan fingerprint density at radius 2 is 2.00 bits per heavy atom. The van der Waals surface area contributed by atoms with E-state index in [0.29, 0.717) is 25.6 Å². The van der Waals surface area contributed by atoms with Crippen LogP contribution < -0.4 is 0 Å². The second-order valence-corrected chi connectivity index (χ2v) is 4.63. The summed E-state index contributed by atoms with van der Waals surface area (Å²) in [7, 11) is 0.